The molecule has 0 bridgehead atoms. The highest BCUT2D eigenvalue weighted by Gasteiger charge is 2.35. The fourth-order valence-electron chi connectivity index (χ4n) is 1.40. The first kappa shape index (κ1) is 8.23. The van der Waals surface area contributed by atoms with Crippen molar-refractivity contribution in [2.45, 2.75) is 0 Å². The molecule has 0 aromatic carbocycles. The smallest absolute Gasteiger partial charge is 0.146 e. The molecule has 0 aromatic heterocycles. The Morgan fingerprint density at radius 1 is 1.00 bits per heavy atom. The molecule has 2 aliphatic rings. The van der Waals surface area contributed by atoms with Gasteiger partial charge in [-0.2, -0.15) is 23.5 Å². The Kier molecular flexibility index (Phi) is 2.66. The highest BCUT2D eigenvalue weighted by Crippen LogP contribution is 2.37. The lowest BCUT2D eigenvalue weighted by Gasteiger charge is -2.38. The van der Waals surface area contributed by atoms with Crippen LogP contribution in [0.1, 0.15) is 0 Å². The lowest BCUT2D eigenvalue weighted by Crippen LogP contribution is -2.43. The largest absolute Gasteiger partial charge is 0.355 e. The van der Waals surface area contributed by atoms with Crippen molar-refractivity contribution in [2.75, 3.05) is 36.6 Å². The summed E-state index contributed by atoms with van der Waals surface area (Å²) in [5.74, 6) is 2.42. The van der Waals surface area contributed by atoms with Gasteiger partial charge in [0.1, 0.15) is 6.79 Å². The van der Waals surface area contributed by atoms with Crippen LogP contribution in [0, 0.1) is 5.41 Å². The third-order valence-electron chi connectivity index (χ3n) is 1.97. The van der Waals surface area contributed by atoms with Crippen LogP contribution in [0.3, 0.4) is 0 Å². The molecule has 11 heavy (non-hydrogen) atoms. The zero-order valence-corrected chi connectivity index (χ0v) is 8.01. The summed E-state index contributed by atoms with van der Waals surface area (Å²) in [7, 11) is 0. The van der Waals surface area contributed by atoms with E-state index in [0.717, 1.165) is 13.2 Å². The Morgan fingerprint density at radius 2 is 1.64 bits per heavy atom. The molecule has 2 saturated heterocycles. The van der Waals surface area contributed by atoms with Gasteiger partial charge in [-0.15, -0.1) is 0 Å². The Bertz CT molecular complexity index is 109. The van der Waals surface area contributed by atoms with E-state index in [2.05, 4.69) is 0 Å². The van der Waals surface area contributed by atoms with Gasteiger partial charge in [0.05, 0.1) is 13.2 Å². The van der Waals surface area contributed by atoms with Crippen LogP contribution in [0.2, 0.25) is 0 Å². The average Bonchev–Trinajstić information content (AvgIpc) is 2.07. The van der Waals surface area contributed by atoms with E-state index in [1.54, 1.807) is 0 Å². The molecular weight excluding hydrogens is 180 g/mol. The Hall–Kier alpha value is 0.620. The third-order valence-corrected chi connectivity index (χ3v) is 4.93. The van der Waals surface area contributed by atoms with E-state index in [1.807, 2.05) is 23.5 Å². The SMILES string of the molecule is C1OCC2(CO1)CSCSC2. The predicted octanol–water partition coefficient (Wildman–Crippen LogP) is 1.41. The molecule has 2 heterocycles. The maximum absolute atomic E-state index is 5.31. The van der Waals surface area contributed by atoms with Gasteiger partial charge in [0, 0.05) is 22.0 Å². The minimum absolute atomic E-state index is 0.339. The van der Waals surface area contributed by atoms with Gasteiger partial charge in [-0.25, -0.2) is 0 Å². The minimum atomic E-state index is 0.339. The standard InChI is InChI=1S/C7H12O2S2/c1-7(2-9-5-8-1)3-10-6-11-4-7/h1-6H2. The quantitative estimate of drug-likeness (QED) is 0.577. The fourth-order valence-corrected chi connectivity index (χ4v) is 4.07. The van der Waals surface area contributed by atoms with Gasteiger partial charge in [0.15, 0.2) is 0 Å². The van der Waals surface area contributed by atoms with E-state index in [9.17, 15) is 0 Å². The molecule has 1 spiro atoms. The van der Waals surface area contributed by atoms with E-state index in [-0.39, 0.29) is 0 Å². The molecule has 64 valence electrons. The van der Waals surface area contributed by atoms with E-state index in [1.165, 1.54) is 16.6 Å². The van der Waals surface area contributed by atoms with Gasteiger partial charge in [-0.05, 0) is 0 Å². The molecule has 0 N–H and O–H groups in total. The van der Waals surface area contributed by atoms with Crippen molar-refractivity contribution in [1.29, 1.82) is 0 Å². The zero-order chi connectivity index (χ0) is 7.57. The summed E-state index contributed by atoms with van der Waals surface area (Å²) in [5, 5.41) is 1.24. The topological polar surface area (TPSA) is 18.5 Å². The normalized spacial score (nSPS) is 30.5. The highest BCUT2D eigenvalue weighted by molar-refractivity contribution is 8.16. The van der Waals surface area contributed by atoms with Crippen LogP contribution in [-0.4, -0.2) is 36.6 Å². The summed E-state index contributed by atoms with van der Waals surface area (Å²) in [6, 6.07) is 0. The molecule has 0 aromatic rings. The molecule has 0 aliphatic carbocycles. The van der Waals surface area contributed by atoms with Crippen LogP contribution >= 0.6 is 23.5 Å². The predicted molar refractivity (Wildman–Crippen MR) is 49.0 cm³/mol. The molecule has 0 unspecified atom stereocenters. The van der Waals surface area contributed by atoms with E-state index in [4.69, 9.17) is 9.47 Å². The van der Waals surface area contributed by atoms with Crippen molar-refractivity contribution in [3.8, 4) is 0 Å². The molecule has 2 rings (SSSR count). The van der Waals surface area contributed by atoms with Crippen LogP contribution in [-0.2, 0) is 9.47 Å². The fraction of sp³-hybridized carbons (Fsp3) is 1.00. The molecule has 0 atom stereocenters. The maximum atomic E-state index is 5.31. The van der Waals surface area contributed by atoms with E-state index < -0.39 is 0 Å². The Labute approximate surface area is 75.4 Å². The van der Waals surface area contributed by atoms with Crippen LogP contribution in [0.15, 0.2) is 0 Å². The minimum Gasteiger partial charge on any atom is -0.355 e. The first-order valence-corrected chi connectivity index (χ1v) is 6.03. The first-order chi connectivity index (χ1) is 5.41. The van der Waals surface area contributed by atoms with E-state index >= 15 is 0 Å². The second-order valence-corrected chi connectivity index (χ2v) is 5.47. The molecule has 0 radical (unpaired) electrons. The van der Waals surface area contributed by atoms with Gasteiger partial charge in [0.2, 0.25) is 0 Å². The monoisotopic (exact) mass is 192 g/mol. The second-order valence-electron chi connectivity index (χ2n) is 3.13. The highest BCUT2D eigenvalue weighted by atomic mass is 32.2. The van der Waals surface area contributed by atoms with Crippen molar-refractivity contribution in [3.05, 3.63) is 0 Å². The number of hydrogen-bond donors (Lipinski definition) is 0. The van der Waals surface area contributed by atoms with Crippen LogP contribution in [0.5, 0.6) is 0 Å². The molecule has 2 aliphatic heterocycles. The number of rotatable bonds is 0. The summed E-state index contributed by atoms with van der Waals surface area (Å²) in [5.41, 5.74) is 0.339. The summed E-state index contributed by atoms with van der Waals surface area (Å²) in [6.45, 7) is 2.29. The van der Waals surface area contributed by atoms with Crippen molar-refractivity contribution in [3.63, 3.8) is 0 Å². The summed E-state index contributed by atoms with van der Waals surface area (Å²) in [6.07, 6.45) is 0. The van der Waals surface area contributed by atoms with Crippen LogP contribution < -0.4 is 0 Å². The van der Waals surface area contributed by atoms with Crippen LogP contribution in [0.4, 0.5) is 0 Å². The van der Waals surface area contributed by atoms with Gasteiger partial charge in [0.25, 0.3) is 0 Å². The summed E-state index contributed by atoms with van der Waals surface area (Å²) in [4.78, 5) is 0. The van der Waals surface area contributed by atoms with Crippen LogP contribution in [0.25, 0.3) is 0 Å². The molecule has 2 nitrogen and oxygen atoms in total. The first-order valence-electron chi connectivity index (χ1n) is 3.72. The molecule has 2 fully saturated rings. The number of ether oxygens (including phenoxy) is 2. The number of thioether (sulfide) groups is 2. The van der Waals surface area contributed by atoms with Gasteiger partial charge in [-0.3, -0.25) is 0 Å². The lowest BCUT2D eigenvalue weighted by molar-refractivity contribution is -0.150. The van der Waals surface area contributed by atoms with Crippen molar-refractivity contribution in [2.24, 2.45) is 5.41 Å². The Balaban J connectivity index is 1.94. The van der Waals surface area contributed by atoms with Gasteiger partial charge in [-0.1, -0.05) is 0 Å². The lowest BCUT2D eigenvalue weighted by atomic mass is 9.95. The van der Waals surface area contributed by atoms with Crippen molar-refractivity contribution >= 4 is 23.5 Å². The van der Waals surface area contributed by atoms with Crippen molar-refractivity contribution in [1.82, 2.24) is 0 Å². The maximum Gasteiger partial charge on any atom is 0.146 e. The molecule has 0 saturated carbocycles. The summed E-state index contributed by atoms with van der Waals surface area (Å²) < 4.78 is 10.6. The molecule has 4 heteroatoms. The zero-order valence-electron chi connectivity index (χ0n) is 6.38. The second kappa shape index (κ2) is 3.56. The Morgan fingerprint density at radius 3 is 2.27 bits per heavy atom. The third kappa shape index (κ3) is 1.86. The average molecular weight is 192 g/mol. The van der Waals surface area contributed by atoms with E-state index in [0.29, 0.717) is 12.2 Å². The van der Waals surface area contributed by atoms with Gasteiger partial charge < -0.3 is 9.47 Å². The molecular formula is C7H12O2S2. The summed E-state index contributed by atoms with van der Waals surface area (Å²) >= 11 is 4.01. The van der Waals surface area contributed by atoms with Gasteiger partial charge >= 0.3 is 0 Å². The van der Waals surface area contributed by atoms with Crippen molar-refractivity contribution < 1.29 is 9.47 Å². The molecule has 0 amide bonds. The number of hydrogen-bond acceptors (Lipinski definition) is 4.